The molecule has 0 aromatic heterocycles. The number of hydrogen-bond donors (Lipinski definition) is 1. The molecule has 1 saturated carbocycles. The van der Waals surface area contributed by atoms with Crippen LogP contribution in [0.1, 0.15) is 63.1 Å². The van der Waals surface area contributed by atoms with Crippen molar-refractivity contribution >= 4 is 0 Å². The first-order valence-electron chi connectivity index (χ1n) is 7.63. The monoisotopic (exact) mass is 261 g/mol. The van der Waals surface area contributed by atoms with Gasteiger partial charge in [0.15, 0.2) is 0 Å². The molecule has 106 valence electrons. The number of rotatable bonds is 4. The van der Waals surface area contributed by atoms with Crippen LogP contribution < -0.4 is 10.5 Å². The molecule has 2 N–H and O–H groups in total. The Morgan fingerprint density at radius 3 is 2.53 bits per heavy atom. The van der Waals surface area contributed by atoms with E-state index < -0.39 is 0 Å². The van der Waals surface area contributed by atoms with Crippen LogP contribution in [0.5, 0.6) is 5.75 Å². The van der Waals surface area contributed by atoms with E-state index in [-0.39, 0.29) is 6.04 Å². The maximum Gasteiger partial charge on any atom is 0.124 e. The van der Waals surface area contributed by atoms with Gasteiger partial charge in [-0.3, -0.25) is 0 Å². The minimum Gasteiger partial charge on any atom is -0.490 e. The van der Waals surface area contributed by atoms with E-state index in [1.165, 1.54) is 37.7 Å². The van der Waals surface area contributed by atoms with E-state index in [0.29, 0.717) is 6.10 Å². The molecular formula is C17H27NO. The van der Waals surface area contributed by atoms with Gasteiger partial charge in [-0.25, -0.2) is 0 Å². The van der Waals surface area contributed by atoms with Crippen molar-refractivity contribution in [2.75, 3.05) is 0 Å². The third-order valence-electron chi connectivity index (χ3n) is 4.32. The molecule has 0 spiro atoms. The fourth-order valence-electron chi connectivity index (χ4n) is 2.97. The zero-order valence-electron chi connectivity index (χ0n) is 12.5. The highest BCUT2D eigenvalue weighted by Gasteiger charge is 2.22. The topological polar surface area (TPSA) is 35.2 Å². The Morgan fingerprint density at radius 2 is 1.95 bits per heavy atom. The molecule has 1 aliphatic rings. The number of hydrogen-bond acceptors (Lipinski definition) is 2. The summed E-state index contributed by atoms with van der Waals surface area (Å²) in [5, 5.41) is 0. The Hall–Kier alpha value is -1.02. The molecule has 2 rings (SSSR count). The molecule has 1 atom stereocenters. The Balaban J connectivity index is 2.03. The molecule has 0 amide bonds. The van der Waals surface area contributed by atoms with Crippen molar-refractivity contribution in [2.45, 2.75) is 65.0 Å². The fraction of sp³-hybridized carbons (Fsp3) is 0.647. The molecule has 1 aromatic carbocycles. The highest BCUT2D eigenvalue weighted by atomic mass is 16.5. The summed E-state index contributed by atoms with van der Waals surface area (Å²) in [6, 6.07) is 6.37. The summed E-state index contributed by atoms with van der Waals surface area (Å²) in [7, 11) is 0. The Labute approximate surface area is 117 Å². The Bertz CT molecular complexity index is 406. The normalized spacial score (nSPS) is 25.1. The molecule has 2 heteroatoms. The molecule has 0 heterocycles. The second-order valence-electron chi connectivity index (χ2n) is 6.00. The zero-order valence-corrected chi connectivity index (χ0v) is 12.5. The van der Waals surface area contributed by atoms with Crippen molar-refractivity contribution in [3.63, 3.8) is 0 Å². The fourth-order valence-corrected chi connectivity index (χ4v) is 2.97. The van der Waals surface area contributed by atoms with Crippen molar-refractivity contribution in [3.8, 4) is 5.75 Å². The standard InChI is InChI=1S/C17H27NO/c1-4-14-6-8-15(9-7-14)19-17-10-5-12(2)11-16(17)13(3)18/h5,10-11,13-15H,4,6-9,18H2,1-3H3/t13-,14?,15?/m0/s1. The van der Waals surface area contributed by atoms with E-state index in [2.05, 4.69) is 32.0 Å². The highest BCUT2D eigenvalue weighted by molar-refractivity contribution is 5.38. The van der Waals surface area contributed by atoms with Crippen LogP contribution in [0, 0.1) is 12.8 Å². The second-order valence-corrected chi connectivity index (χ2v) is 6.00. The lowest BCUT2D eigenvalue weighted by Crippen LogP contribution is -2.24. The molecule has 2 nitrogen and oxygen atoms in total. The summed E-state index contributed by atoms with van der Waals surface area (Å²) in [4.78, 5) is 0. The lowest BCUT2D eigenvalue weighted by molar-refractivity contribution is 0.128. The summed E-state index contributed by atoms with van der Waals surface area (Å²) in [5.41, 5.74) is 8.43. The summed E-state index contributed by atoms with van der Waals surface area (Å²) in [5.74, 6) is 1.89. The Morgan fingerprint density at radius 1 is 1.26 bits per heavy atom. The molecule has 1 aliphatic carbocycles. The number of aryl methyl sites for hydroxylation is 1. The van der Waals surface area contributed by atoms with Gasteiger partial charge in [0.1, 0.15) is 5.75 Å². The summed E-state index contributed by atoms with van der Waals surface area (Å²) in [6.45, 7) is 6.41. The van der Waals surface area contributed by atoms with E-state index >= 15 is 0 Å². The zero-order chi connectivity index (χ0) is 13.8. The lowest BCUT2D eigenvalue weighted by atomic mass is 9.86. The van der Waals surface area contributed by atoms with E-state index in [9.17, 15) is 0 Å². The van der Waals surface area contributed by atoms with Crippen LogP contribution in [0.25, 0.3) is 0 Å². The molecule has 0 radical (unpaired) electrons. The van der Waals surface area contributed by atoms with Gasteiger partial charge >= 0.3 is 0 Å². The molecular weight excluding hydrogens is 234 g/mol. The number of benzene rings is 1. The molecule has 0 saturated heterocycles. The average molecular weight is 261 g/mol. The van der Waals surface area contributed by atoms with Crippen LogP contribution in [-0.4, -0.2) is 6.10 Å². The molecule has 0 unspecified atom stereocenters. The van der Waals surface area contributed by atoms with E-state index in [1.54, 1.807) is 0 Å². The van der Waals surface area contributed by atoms with Crippen molar-refractivity contribution < 1.29 is 4.74 Å². The predicted octanol–water partition coefficient (Wildman–Crippen LogP) is 4.36. The van der Waals surface area contributed by atoms with Crippen molar-refractivity contribution in [1.82, 2.24) is 0 Å². The molecule has 1 aromatic rings. The quantitative estimate of drug-likeness (QED) is 0.874. The van der Waals surface area contributed by atoms with Gasteiger partial charge in [-0.15, -0.1) is 0 Å². The van der Waals surface area contributed by atoms with Gasteiger partial charge in [0.2, 0.25) is 0 Å². The van der Waals surface area contributed by atoms with Crippen LogP contribution in [0.15, 0.2) is 18.2 Å². The number of ether oxygens (including phenoxy) is 1. The lowest BCUT2D eigenvalue weighted by Gasteiger charge is -2.29. The van der Waals surface area contributed by atoms with Crippen molar-refractivity contribution in [2.24, 2.45) is 11.7 Å². The van der Waals surface area contributed by atoms with Crippen molar-refractivity contribution in [1.29, 1.82) is 0 Å². The van der Waals surface area contributed by atoms with Gasteiger partial charge in [-0.1, -0.05) is 31.0 Å². The van der Waals surface area contributed by atoms with Crippen LogP contribution in [-0.2, 0) is 0 Å². The van der Waals surface area contributed by atoms with Crippen LogP contribution in [0.2, 0.25) is 0 Å². The summed E-state index contributed by atoms with van der Waals surface area (Å²) >= 11 is 0. The molecule has 0 aliphatic heterocycles. The largest absolute Gasteiger partial charge is 0.490 e. The van der Waals surface area contributed by atoms with Gasteiger partial charge in [-0.2, -0.15) is 0 Å². The van der Waals surface area contributed by atoms with E-state index in [1.807, 2.05) is 6.92 Å². The minimum absolute atomic E-state index is 0.0295. The number of nitrogens with two attached hydrogens (primary N) is 1. The van der Waals surface area contributed by atoms with Gasteiger partial charge < -0.3 is 10.5 Å². The van der Waals surface area contributed by atoms with Gasteiger partial charge in [0.25, 0.3) is 0 Å². The first-order valence-corrected chi connectivity index (χ1v) is 7.63. The molecule has 1 fully saturated rings. The van der Waals surface area contributed by atoms with Crippen LogP contribution in [0.4, 0.5) is 0 Å². The average Bonchev–Trinajstić information content (AvgIpc) is 2.41. The molecule has 0 bridgehead atoms. The predicted molar refractivity (Wildman–Crippen MR) is 80.4 cm³/mol. The maximum absolute atomic E-state index is 6.22. The van der Waals surface area contributed by atoms with Gasteiger partial charge in [0.05, 0.1) is 6.10 Å². The van der Waals surface area contributed by atoms with E-state index in [4.69, 9.17) is 10.5 Å². The second kappa shape index (κ2) is 6.42. The first kappa shape index (κ1) is 14.4. The van der Waals surface area contributed by atoms with E-state index in [0.717, 1.165) is 17.2 Å². The molecule has 19 heavy (non-hydrogen) atoms. The van der Waals surface area contributed by atoms with Crippen molar-refractivity contribution in [3.05, 3.63) is 29.3 Å². The summed E-state index contributed by atoms with van der Waals surface area (Å²) in [6.07, 6.45) is 6.67. The smallest absolute Gasteiger partial charge is 0.124 e. The summed E-state index contributed by atoms with van der Waals surface area (Å²) < 4.78 is 6.22. The maximum atomic E-state index is 6.22. The third-order valence-corrected chi connectivity index (χ3v) is 4.32. The van der Waals surface area contributed by atoms with Crippen LogP contribution >= 0.6 is 0 Å². The van der Waals surface area contributed by atoms with Crippen LogP contribution in [0.3, 0.4) is 0 Å². The third kappa shape index (κ3) is 3.73. The SMILES string of the molecule is CCC1CCC(Oc2ccc(C)cc2[C@H](C)N)CC1. The minimum atomic E-state index is 0.0295. The first-order chi connectivity index (χ1) is 9.10. The van der Waals surface area contributed by atoms with Gasteiger partial charge in [0, 0.05) is 11.6 Å². The highest BCUT2D eigenvalue weighted by Crippen LogP contribution is 2.32. The van der Waals surface area contributed by atoms with Gasteiger partial charge in [-0.05, 0) is 51.5 Å². The Kier molecular flexibility index (Phi) is 4.87.